The molecule has 0 rings (SSSR count). The first-order chi connectivity index (χ1) is 3.68. The SMILES string of the molecule is C=C(N)[C@@H](C)CCN. The minimum atomic E-state index is 0.375. The second-order valence-corrected chi connectivity index (χ2v) is 2.05. The van der Waals surface area contributed by atoms with E-state index in [0.29, 0.717) is 12.5 Å². The maximum absolute atomic E-state index is 5.37. The van der Waals surface area contributed by atoms with Crippen LogP contribution in [0.25, 0.3) is 0 Å². The largest absolute Gasteiger partial charge is 0.402 e. The van der Waals surface area contributed by atoms with Crippen molar-refractivity contribution in [1.29, 1.82) is 0 Å². The highest BCUT2D eigenvalue weighted by Gasteiger charge is 1.98. The van der Waals surface area contributed by atoms with Gasteiger partial charge in [0.05, 0.1) is 0 Å². The van der Waals surface area contributed by atoms with Crippen LogP contribution in [0.3, 0.4) is 0 Å². The van der Waals surface area contributed by atoms with Crippen molar-refractivity contribution in [3.63, 3.8) is 0 Å². The molecule has 0 aliphatic carbocycles. The molecule has 0 aliphatic rings. The molecule has 4 N–H and O–H groups in total. The second-order valence-electron chi connectivity index (χ2n) is 2.05. The van der Waals surface area contributed by atoms with Gasteiger partial charge < -0.3 is 11.5 Å². The van der Waals surface area contributed by atoms with Gasteiger partial charge in [-0.15, -0.1) is 0 Å². The zero-order valence-corrected chi connectivity index (χ0v) is 5.35. The summed E-state index contributed by atoms with van der Waals surface area (Å²) in [5, 5.41) is 0. The third kappa shape index (κ3) is 2.64. The van der Waals surface area contributed by atoms with Crippen molar-refractivity contribution in [2.24, 2.45) is 17.4 Å². The van der Waals surface area contributed by atoms with E-state index in [1.54, 1.807) is 0 Å². The molecule has 0 bridgehead atoms. The molecule has 0 amide bonds. The highest BCUT2D eigenvalue weighted by Crippen LogP contribution is 2.04. The molecule has 0 saturated carbocycles. The molecule has 48 valence electrons. The van der Waals surface area contributed by atoms with Crippen molar-refractivity contribution in [3.05, 3.63) is 12.3 Å². The number of allylic oxidation sites excluding steroid dienone is 1. The Morgan fingerprint density at radius 3 is 2.38 bits per heavy atom. The Kier molecular flexibility index (Phi) is 3.28. The Bertz CT molecular complexity index is 78.6. The fourth-order valence-electron chi connectivity index (χ4n) is 0.435. The van der Waals surface area contributed by atoms with Gasteiger partial charge >= 0.3 is 0 Å². The van der Waals surface area contributed by atoms with E-state index in [-0.39, 0.29) is 0 Å². The summed E-state index contributed by atoms with van der Waals surface area (Å²) in [7, 11) is 0. The first kappa shape index (κ1) is 7.50. The molecule has 0 spiro atoms. The maximum atomic E-state index is 5.37. The number of hydrogen-bond donors (Lipinski definition) is 2. The first-order valence-electron chi connectivity index (χ1n) is 2.82. The molecular formula is C6H14N2. The number of rotatable bonds is 3. The van der Waals surface area contributed by atoms with Gasteiger partial charge in [-0.2, -0.15) is 0 Å². The zero-order chi connectivity index (χ0) is 6.57. The van der Waals surface area contributed by atoms with E-state index in [0.717, 1.165) is 12.1 Å². The van der Waals surface area contributed by atoms with Crippen LogP contribution in [0.1, 0.15) is 13.3 Å². The fourth-order valence-corrected chi connectivity index (χ4v) is 0.435. The molecule has 0 fully saturated rings. The van der Waals surface area contributed by atoms with Gasteiger partial charge in [-0.05, 0) is 18.9 Å². The van der Waals surface area contributed by atoms with Crippen molar-refractivity contribution in [1.82, 2.24) is 0 Å². The van der Waals surface area contributed by atoms with Crippen LogP contribution in [-0.2, 0) is 0 Å². The summed E-state index contributed by atoms with van der Waals surface area (Å²) in [6.07, 6.45) is 0.940. The molecule has 0 saturated heterocycles. The third-order valence-electron chi connectivity index (χ3n) is 1.23. The van der Waals surface area contributed by atoms with Crippen molar-refractivity contribution in [2.45, 2.75) is 13.3 Å². The van der Waals surface area contributed by atoms with Gasteiger partial charge in [0.15, 0.2) is 0 Å². The summed E-state index contributed by atoms with van der Waals surface area (Å²) in [5.74, 6) is 0.375. The van der Waals surface area contributed by atoms with E-state index in [9.17, 15) is 0 Å². The molecule has 2 nitrogen and oxygen atoms in total. The minimum Gasteiger partial charge on any atom is -0.402 e. The van der Waals surface area contributed by atoms with Gasteiger partial charge in [0, 0.05) is 5.70 Å². The average Bonchev–Trinajstić information content (AvgIpc) is 1.67. The van der Waals surface area contributed by atoms with E-state index in [2.05, 4.69) is 6.58 Å². The lowest BCUT2D eigenvalue weighted by molar-refractivity contribution is 0.618. The summed E-state index contributed by atoms with van der Waals surface area (Å²) < 4.78 is 0. The predicted molar refractivity (Wildman–Crippen MR) is 36.2 cm³/mol. The molecule has 0 aliphatic heterocycles. The standard InChI is InChI=1S/C6H14N2/c1-5(3-4-7)6(2)8/h5H,2-4,7-8H2,1H3/t5-/m0/s1. The van der Waals surface area contributed by atoms with E-state index in [1.807, 2.05) is 6.92 Å². The van der Waals surface area contributed by atoms with E-state index in [1.165, 1.54) is 0 Å². The predicted octanol–water partition coefficient (Wildman–Crippen LogP) is 0.444. The maximum Gasteiger partial charge on any atom is 0.00367 e. The average molecular weight is 114 g/mol. The normalized spacial score (nSPS) is 13.2. The first-order valence-corrected chi connectivity index (χ1v) is 2.82. The lowest BCUT2D eigenvalue weighted by Gasteiger charge is -2.06. The number of nitrogens with two attached hydrogens (primary N) is 2. The highest BCUT2D eigenvalue weighted by molar-refractivity contribution is 4.91. The van der Waals surface area contributed by atoms with Crippen LogP contribution in [0.15, 0.2) is 12.3 Å². The molecular weight excluding hydrogens is 100 g/mol. The Morgan fingerprint density at radius 2 is 2.25 bits per heavy atom. The van der Waals surface area contributed by atoms with Crippen LogP contribution in [0.2, 0.25) is 0 Å². The molecule has 0 heterocycles. The lowest BCUT2D eigenvalue weighted by atomic mass is 10.1. The minimum absolute atomic E-state index is 0.375. The van der Waals surface area contributed by atoms with Crippen molar-refractivity contribution >= 4 is 0 Å². The Balaban J connectivity index is 3.32. The van der Waals surface area contributed by atoms with Crippen molar-refractivity contribution in [2.75, 3.05) is 6.54 Å². The summed E-state index contributed by atoms with van der Waals surface area (Å²) in [6.45, 7) is 6.31. The fraction of sp³-hybridized carbons (Fsp3) is 0.667. The third-order valence-corrected chi connectivity index (χ3v) is 1.23. The molecule has 0 unspecified atom stereocenters. The van der Waals surface area contributed by atoms with E-state index in [4.69, 9.17) is 11.5 Å². The van der Waals surface area contributed by atoms with Gasteiger partial charge in [0.2, 0.25) is 0 Å². The quantitative estimate of drug-likeness (QED) is 0.559. The van der Waals surface area contributed by atoms with Crippen molar-refractivity contribution < 1.29 is 0 Å². The molecule has 0 radical (unpaired) electrons. The highest BCUT2D eigenvalue weighted by atomic mass is 14.6. The summed E-state index contributed by atoms with van der Waals surface area (Å²) in [4.78, 5) is 0. The molecule has 0 aromatic heterocycles. The van der Waals surface area contributed by atoms with Crippen molar-refractivity contribution in [3.8, 4) is 0 Å². The molecule has 2 heteroatoms. The van der Waals surface area contributed by atoms with Gasteiger partial charge in [-0.25, -0.2) is 0 Å². The summed E-state index contributed by atoms with van der Waals surface area (Å²) >= 11 is 0. The van der Waals surface area contributed by atoms with E-state index >= 15 is 0 Å². The zero-order valence-electron chi connectivity index (χ0n) is 5.35. The number of hydrogen-bond acceptors (Lipinski definition) is 2. The smallest absolute Gasteiger partial charge is 0.00367 e. The molecule has 0 aromatic carbocycles. The van der Waals surface area contributed by atoms with Crippen LogP contribution in [0, 0.1) is 5.92 Å². The van der Waals surface area contributed by atoms with E-state index < -0.39 is 0 Å². The van der Waals surface area contributed by atoms with Gasteiger partial charge in [0.25, 0.3) is 0 Å². The van der Waals surface area contributed by atoms with Crippen LogP contribution in [0.5, 0.6) is 0 Å². The van der Waals surface area contributed by atoms with Crippen LogP contribution in [0.4, 0.5) is 0 Å². The summed E-state index contributed by atoms with van der Waals surface area (Å²) in [6, 6.07) is 0. The van der Waals surface area contributed by atoms with Crippen LogP contribution < -0.4 is 11.5 Å². The summed E-state index contributed by atoms with van der Waals surface area (Å²) in [5.41, 5.74) is 11.4. The molecule has 1 atom stereocenters. The topological polar surface area (TPSA) is 52.0 Å². The van der Waals surface area contributed by atoms with Gasteiger partial charge in [-0.1, -0.05) is 13.5 Å². The van der Waals surface area contributed by atoms with Crippen LogP contribution in [-0.4, -0.2) is 6.54 Å². The van der Waals surface area contributed by atoms with Gasteiger partial charge in [0.1, 0.15) is 0 Å². The van der Waals surface area contributed by atoms with Crippen LogP contribution >= 0.6 is 0 Å². The monoisotopic (exact) mass is 114 g/mol. The Labute approximate surface area is 50.6 Å². The Hall–Kier alpha value is -0.500. The molecule has 0 aromatic rings. The van der Waals surface area contributed by atoms with Gasteiger partial charge in [-0.3, -0.25) is 0 Å². The second kappa shape index (κ2) is 3.50. The lowest BCUT2D eigenvalue weighted by Crippen LogP contribution is -2.11. The molecule has 8 heavy (non-hydrogen) atoms. The Morgan fingerprint density at radius 1 is 1.75 bits per heavy atom.